The van der Waals surface area contributed by atoms with Gasteiger partial charge in [0.2, 0.25) is 65.0 Å². The summed E-state index contributed by atoms with van der Waals surface area (Å²) in [6, 6.07) is -1.12. The van der Waals surface area contributed by atoms with Gasteiger partial charge in [0.1, 0.15) is 65.9 Å². The number of nitrogens with one attached hydrogen (secondary N) is 9. The van der Waals surface area contributed by atoms with Crippen molar-refractivity contribution in [3.8, 4) is 11.5 Å². The van der Waals surface area contributed by atoms with E-state index in [0.717, 1.165) is 6.92 Å². The minimum atomic E-state index is -1.71. The van der Waals surface area contributed by atoms with Crippen molar-refractivity contribution in [2.75, 3.05) is 30.9 Å². The molecule has 30 heteroatoms. The Morgan fingerprint density at radius 3 is 1.65 bits per heavy atom. The van der Waals surface area contributed by atoms with Crippen molar-refractivity contribution in [1.29, 1.82) is 0 Å². The molecule has 2 aromatic rings. The van der Waals surface area contributed by atoms with Crippen LogP contribution in [0.3, 0.4) is 0 Å². The van der Waals surface area contributed by atoms with Gasteiger partial charge in [-0.3, -0.25) is 57.5 Å². The lowest BCUT2D eigenvalue weighted by molar-refractivity contribution is -0.143. The van der Waals surface area contributed by atoms with Crippen LogP contribution in [0.4, 0.5) is 0 Å². The lowest BCUT2D eigenvalue weighted by atomic mass is 9.99. The molecule has 0 saturated carbocycles. The van der Waals surface area contributed by atoms with Crippen LogP contribution in [-0.4, -0.2) is 187 Å². The van der Waals surface area contributed by atoms with Crippen LogP contribution in [0, 0.1) is 11.8 Å². The monoisotopic (exact) mass is 1230 g/mol. The predicted molar refractivity (Wildman–Crippen MR) is 312 cm³/mol. The number of phenolic OH excluding ortho intramolecular Hbond substituents is 2. The van der Waals surface area contributed by atoms with Gasteiger partial charge in [0.25, 0.3) is 0 Å². The van der Waals surface area contributed by atoms with Crippen LogP contribution in [0.15, 0.2) is 48.5 Å². The number of primary amides is 1. The van der Waals surface area contributed by atoms with E-state index >= 15 is 0 Å². The molecule has 1 heterocycles. The largest absolute Gasteiger partial charge is 0.508 e. The molecule has 0 radical (unpaired) electrons. The number of rotatable bonds is 35. The highest BCUT2D eigenvalue weighted by atomic mass is 32.2. The number of thioether (sulfide) groups is 1. The number of hydrogen-bond donors (Lipinski definition) is 15. The number of carboxylic acids is 2. The fourth-order valence-electron chi connectivity index (χ4n) is 8.90. The Morgan fingerprint density at radius 1 is 0.635 bits per heavy atom. The number of carboxylic acid groups (broad SMARTS) is 2. The number of carbonyl (C=O) groups excluding carboxylic acids is 11. The fourth-order valence-corrected chi connectivity index (χ4v) is 9.62. The lowest BCUT2D eigenvalue weighted by Gasteiger charge is -2.31. The summed E-state index contributed by atoms with van der Waals surface area (Å²) in [5, 5.41) is 61.0. The van der Waals surface area contributed by atoms with E-state index in [0.29, 0.717) is 16.9 Å². The van der Waals surface area contributed by atoms with Gasteiger partial charge >= 0.3 is 11.9 Å². The summed E-state index contributed by atoms with van der Waals surface area (Å²) in [4.78, 5) is 173. The van der Waals surface area contributed by atoms with Gasteiger partial charge in [0.15, 0.2) is 0 Å². The quantitative estimate of drug-likeness (QED) is 0.0335. The van der Waals surface area contributed by atoms with Gasteiger partial charge in [-0.05, 0) is 91.3 Å². The van der Waals surface area contributed by atoms with E-state index in [1.54, 1.807) is 34.0 Å². The number of nitrogens with two attached hydrogens (primary N) is 1. The Kier molecular flexibility index (Phi) is 29.5. The molecule has 0 unspecified atom stereocenters. The number of aromatic hydroxyl groups is 2. The van der Waals surface area contributed by atoms with Crippen molar-refractivity contribution >= 4 is 101 Å². The molecule has 0 aromatic heterocycles. The van der Waals surface area contributed by atoms with Crippen molar-refractivity contribution in [3.05, 3.63) is 59.7 Å². The van der Waals surface area contributed by atoms with Crippen LogP contribution < -0.4 is 53.6 Å². The van der Waals surface area contributed by atoms with Crippen LogP contribution >= 0.6 is 24.4 Å². The molecule has 3 rings (SSSR count). The van der Waals surface area contributed by atoms with Gasteiger partial charge in [0.05, 0.1) is 13.0 Å². The maximum atomic E-state index is 14.7. The normalized spacial score (nSPS) is 15.7. The van der Waals surface area contributed by atoms with Crippen molar-refractivity contribution < 1.29 is 82.8 Å². The third kappa shape index (κ3) is 24.5. The van der Waals surface area contributed by atoms with E-state index in [2.05, 4.69) is 60.5 Å². The van der Waals surface area contributed by atoms with E-state index in [-0.39, 0.29) is 74.7 Å². The second-order valence-corrected chi connectivity index (χ2v) is 22.4. The first-order valence-corrected chi connectivity index (χ1v) is 29.4. The van der Waals surface area contributed by atoms with Gasteiger partial charge in [-0.15, -0.1) is 0 Å². The Morgan fingerprint density at radius 2 is 1.14 bits per heavy atom. The average molecular weight is 1230 g/mol. The van der Waals surface area contributed by atoms with Crippen LogP contribution in [0.5, 0.6) is 11.5 Å². The fraction of sp³-hybridized carbons (Fsp3) is 0.545. The summed E-state index contributed by atoms with van der Waals surface area (Å²) in [6.45, 7) is 7.00. The molecule has 0 spiro atoms. The van der Waals surface area contributed by atoms with Gasteiger partial charge in [-0.1, -0.05) is 52.0 Å². The number of likely N-dealkylation sites (tertiary alicyclic amines) is 1. The second kappa shape index (κ2) is 35.2. The molecule has 15 N–H and O–H groups in total. The zero-order valence-corrected chi connectivity index (χ0v) is 49.8. The molecular weight excluding hydrogens is 1150 g/mol. The molecule has 2 aromatic carbocycles. The van der Waals surface area contributed by atoms with Crippen LogP contribution in [-0.2, 0) is 75.2 Å². The van der Waals surface area contributed by atoms with Gasteiger partial charge in [-0.25, -0.2) is 4.79 Å². The summed E-state index contributed by atoms with van der Waals surface area (Å²) >= 11 is 5.32. The van der Waals surface area contributed by atoms with Crippen molar-refractivity contribution in [3.63, 3.8) is 0 Å². The topological polar surface area (TPSA) is 440 Å². The van der Waals surface area contributed by atoms with Crippen molar-refractivity contribution in [1.82, 2.24) is 52.8 Å². The molecule has 85 heavy (non-hydrogen) atoms. The standard InChI is InChI=1S/C55H79N11O17S2/c1-28(2)22-37(60-47(74)35(58-30(5)67)17-18-45(72)73)49(76)63-40(24-32-11-15-34(69)16-12-32)54(81)66-20-7-8-42(66)52(79)62-39(25-43(56)70)51(78)65-46(29(3)4)53(80)57-26-44(71)59-36(19-21-85-6)48(75)61-38(23-31-9-13-33(68)14-10-31)50(77)64-41(27-84)55(82)83/h9-16,28-29,35-42,46,68-69,84H,7-8,17-27H2,1-6H3,(H2,56,70)(H,57,80)(H,58,67)(H,59,71)(H,60,74)(H,61,75)(H,62,79)(H,63,76)(H,64,77)(H,65,78)(H,72,73)(H,82,83)/t35-,36-,37-,38-,39-,40-,41-,42-,46-/m0/s1. The van der Waals surface area contributed by atoms with Crippen LogP contribution in [0.2, 0.25) is 0 Å². The van der Waals surface area contributed by atoms with Gasteiger partial charge in [-0.2, -0.15) is 24.4 Å². The number of aliphatic carboxylic acids is 2. The molecule has 0 aliphatic carbocycles. The van der Waals surface area contributed by atoms with Gasteiger partial charge < -0.3 is 78.9 Å². The first-order chi connectivity index (χ1) is 40.0. The maximum absolute atomic E-state index is 14.7. The van der Waals surface area contributed by atoms with Gasteiger partial charge in [0, 0.05) is 38.5 Å². The highest BCUT2D eigenvalue weighted by Crippen LogP contribution is 2.22. The molecule has 11 amide bonds. The lowest BCUT2D eigenvalue weighted by Crippen LogP contribution is -2.60. The predicted octanol–water partition coefficient (Wildman–Crippen LogP) is -1.90. The van der Waals surface area contributed by atoms with E-state index < -0.39 is 157 Å². The number of thiol groups is 1. The highest BCUT2D eigenvalue weighted by Gasteiger charge is 2.41. The summed E-state index contributed by atoms with van der Waals surface area (Å²) < 4.78 is 0. The average Bonchev–Trinajstić information content (AvgIpc) is 3.70. The second-order valence-electron chi connectivity index (χ2n) is 21.1. The van der Waals surface area contributed by atoms with Crippen LogP contribution in [0.25, 0.3) is 0 Å². The van der Waals surface area contributed by atoms with E-state index in [1.807, 2.05) is 0 Å². The molecule has 1 aliphatic rings. The minimum Gasteiger partial charge on any atom is -0.508 e. The third-order valence-corrected chi connectivity index (χ3v) is 14.3. The summed E-state index contributed by atoms with van der Waals surface area (Å²) in [5.41, 5.74) is 6.47. The Bertz CT molecular complexity index is 2700. The van der Waals surface area contributed by atoms with E-state index in [1.165, 1.54) is 65.2 Å². The Labute approximate surface area is 501 Å². The number of amides is 11. The highest BCUT2D eigenvalue weighted by molar-refractivity contribution is 7.98. The number of benzene rings is 2. The first kappa shape index (κ1) is 71.1. The van der Waals surface area contributed by atoms with E-state index in [4.69, 9.17) is 5.73 Å². The molecule has 468 valence electrons. The SMILES string of the molecule is CSCC[C@H](NC(=O)CNC(=O)[C@@H](NC(=O)[C@H](CC(N)=O)NC(=O)[C@@H]1CCCN1C(=O)[C@H](Cc1ccc(O)cc1)NC(=O)[C@H](CC(C)C)NC(=O)[C@H](CCC(=O)O)NC(C)=O)C(C)C)C(=O)N[C@@H](Cc1ccc(O)cc1)C(=O)N[C@@H](CS)C(=O)O. The number of phenols is 2. The molecule has 28 nitrogen and oxygen atoms in total. The van der Waals surface area contributed by atoms with Crippen molar-refractivity contribution in [2.45, 2.75) is 147 Å². The number of nitrogens with zero attached hydrogens (tertiary/aromatic N) is 1. The van der Waals surface area contributed by atoms with Crippen molar-refractivity contribution in [2.24, 2.45) is 17.6 Å². The molecule has 1 fully saturated rings. The molecule has 1 saturated heterocycles. The Hall–Kier alpha value is -8.15. The molecular formula is C55H79N11O17S2. The minimum absolute atomic E-state index is 0.0176. The zero-order valence-electron chi connectivity index (χ0n) is 48.1. The summed E-state index contributed by atoms with van der Waals surface area (Å²) in [6.07, 6.45) is 0.233. The smallest absolute Gasteiger partial charge is 0.327 e. The zero-order chi connectivity index (χ0) is 63.7. The Balaban J connectivity index is 1.81. The summed E-state index contributed by atoms with van der Waals surface area (Å²) in [7, 11) is 0. The number of carbonyl (C=O) groups is 13. The molecule has 0 bridgehead atoms. The molecule has 1 aliphatic heterocycles. The first-order valence-electron chi connectivity index (χ1n) is 27.4. The summed E-state index contributed by atoms with van der Waals surface area (Å²) in [5.74, 6) is -13.2. The number of hydrogen-bond acceptors (Lipinski definition) is 17. The van der Waals surface area contributed by atoms with E-state index in [9.17, 15) is 82.8 Å². The van der Waals surface area contributed by atoms with Crippen LogP contribution in [0.1, 0.15) is 90.7 Å². The third-order valence-electron chi connectivity index (χ3n) is 13.3. The maximum Gasteiger partial charge on any atom is 0.327 e. The molecule has 9 atom stereocenters.